The zero-order valence-corrected chi connectivity index (χ0v) is 9.49. The molecule has 1 heterocycles. The monoisotopic (exact) mass is 219 g/mol. The zero-order chi connectivity index (χ0) is 11.7. The topological polar surface area (TPSA) is 72.3 Å². The van der Waals surface area contributed by atoms with Crippen molar-refractivity contribution in [1.29, 1.82) is 0 Å². The van der Waals surface area contributed by atoms with Gasteiger partial charge in [-0.1, -0.05) is 6.07 Å². The van der Waals surface area contributed by atoms with Gasteiger partial charge in [0.2, 0.25) is 5.91 Å². The fourth-order valence-corrected chi connectivity index (χ4v) is 2.30. The Morgan fingerprint density at radius 1 is 1.50 bits per heavy atom. The lowest BCUT2D eigenvalue weighted by Crippen LogP contribution is -2.40. The van der Waals surface area contributed by atoms with E-state index in [2.05, 4.69) is 6.07 Å². The molecule has 0 saturated heterocycles. The molecule has 4 N–H and O–H groups in total. The van der Waals surface area contributed by atoms with Gasteiger partial charge in [-0.15, -0.1) is 0 Å². The third kappa shape index (κ3) is 1.76. The highest BCUT2D eigenvalue weighted by Crippen LogP contribution is 2.33. The highest BCUT2D eigenvalue weighted by Gasteiger charge is 2.23. The first kappa shape index (κ1) is 11.0. The van der Waals surface area contributed by atoms with Crippen LogP contribution in [0.2, 0.25) is 0 Å². The van der Waals surface area contributed by atoms with Crippen LogP contribution < -0.4 is 16.4 Å². The van der Waals surface area contributed by atoms with Gasteiger partial charge in [0.25, 0.3) is 0 Å². The van der Waals surface area contributed by atoms with Gasteiger partial charge in [0, 0.05) is 6.54 Å². The fraction of sp³-hybridized carbons (Fsp3) is 0.417. The highest BCUT2D eigenvalue weighted by molar-refractivity contribution is 5.99. The molecule has 1 aliphatic heterocycles. The van der Waals surface area contributed by atoms with E-state index in [1.807, 2.05) is 13.0 Å². The molecule has 0 atom stereocenters. The van der Waals surface area contributed by atoms with Crippen LogP contribution in [0.1, 0.15) is 17.5 Å². The predicted octanol–water partition coefficient (Wildman–Crippen LogP) is 0.815. The smallest absolute Gasteiger partial charge is 0.240 e. The first-order valence-electron chi connectivity index (χ1n) is 5.53. The number of carbonyl (C=O) groups is 1. The van der Waals surface area contributed by atoms with Crippen molar-refractivity contribution in [3.05, 3.63) is 23.3 Å². The van der Waals surface area contributed by atoms with E-state index in [0.29, 0.717) is 5.69 Å². The van der Waals surface area contributed by atoms with Crippen LogP contribution in [0.4, 0.5) is 11.4 Å². The highest BCUT2D eigenvalue weighted by atomic mass is 16.2. The number of anilines is 2. The van der Waals surface area contributed by atoms with E-state index in [-0.39, 0.29) is 12.5 Å². The molecular weight excluding hydrogens is 202 g/mol. The lowest BCUT2D eigenvalue weighted by molar-refractivity contribution is -0.117. The maximum absolute atomic E-state index is 11.7. The van der Waals surface area contributed by atoms with Gasteiger partial charge in [-0.25, -0.2) is 0 Å². The number of hydrogen-bond acceptors (Lipinski definition) is 3. The summed E-state index contributed by atoms with van der Waals surface area (Å²) >= 11 is 0. The minimum Gasteiger partial charge on any atom is -0.397 e. The average molecular weight is 219 g/mol. The largest absolute Gasteiger partial charge is 0.397 e. The molecule has 2 rings (SSSR count). The van der Waals surface area contributed by atoms with E-state index < -0.39 is 0 Å². The number of aryl methyl sites for hydroxylation is 2. The summed E-state index contributed by atoms with van der Waals surface area (Å²) in [5, 5.41) is 0. The maximum Gasteiger partial charge on any atom is 0.240 e. The van der Waals surface area contributed by atoms with Crippen molar-refractivity contribution in [3.63, 3.8) is 0 Å². The van der Waals surface area contributed by atoms with Crippen LogP contribution >= 0.6 is 0 Å². The predicted molar refractivity (Wildman–Crippen MR) is 65.3 cm³/mol. The number of nitrogen functional groups attached to an aromatic ring is 1. The summed E-state index contributed by atoms with van der Waals surface area (Å²) in [6, 6.07) is 4.00. The summed E-state index contributed by atoms with van der Waals surface area (Å²) in [5.41, 5.74) is 15.2. The Balaban J connectivity index is 2.49. The van der Waals surface area contributed by atoms with Gasteiger partial charge in [-0.3, -0.25) is 4.79 Å². The van der Waals surface area contributed by atoms with Gasteiger partial charge >= 0.3 is 0 Å². The van der Waals surface area contributed by atoms with Crippen LogP contribution in [0.5, 0.6) is 0 Å². The van der Waals surface area contributed by atoms with Gasteiger partial charge < -0.3 is 16.4 Å². The van der Waals surface area contributed by atoms with E-state index in [4.69, 9.17) is 11.5 Å². The zero-order valence-electron chi connectivity index (χ0n) is 9.49. The normalized spacial score (nSPS) is 14.8. The van der Waals surface area contributed by atoms with Crippen molar-refractivity contribution in [1.82, 2.24) is 0 Å². The summed E-state index contributed by atoms with van der Waals surface area (Å²) in [7, 11) is 0. The fourth-order valence-electron chi connectivity index (χ4n) is 2.30. The van der Waals surface area contributed by atoms with Crippen molar-refractivity contribution in [2.75, 3.05) is 23.7 Å². The third-order valence-corrected chi connectivity index (χ3v) is 2.94. The van der Waals surface area contributed by atoms with Crippen molar-refractivity contribution in [3.8, 4) is 0 Å². The second-order valence-electron chi connectivity index (χ2n) is 4.21. The average Bonchev–Trinajstić information content (AvgIpc) is 2.26. The van der Waals surface area contributed by atoms with Crippen molar-refractivity contribution in [2.45, 2.75) is 19.8 Å². The SMILES string of the molecule is Cc1cc(N)c2c(c1)CCCN2C(=O)CN. The lowest BCUT2D eigenvalue weighted by atomic mass is 9.98. The van der Waals surface area contributed by atoms with E-state index >= 15 is 0 Å². The standard InChI is InChI=1S/C12H17N3O/c1-8-5-9-3-2-4-15(11(16)7-13)12(9)10(14)6-8/h5-6H,2-4,7,13-14H2,1H3. The maximum atomic E-state index is 11.7. The number of benzene rings is 1. The van der Waals surface area contributed by atoms with E-state index in [9.17, 15) is 4.79 Å². The second kappa shape index (κ2) is 4.14. The molecule has 0 radical (unpaired) electrons. The van der Waals surface area contributed by atoms with Crippen molar-refractivity contribution < 1.29 is 4.79 Å². The Bertz CT molecular complexity index is 429. The quantitative estimate of drug-likeness (QED) is 0.687. The molecule has 0 saturated carbocycles. The first-order valence-corrected chi connectivity index (χ1v) is 5.53. The molecule has 4 nitrogen and oxygen atoms in total. The summed E-state index contributed by atoms with van der Waals surface area (Å²) in [4.78, 5) is 13.4. The summed E-state index contributed by atoms with van der Waals surface area (Å²) in [6.07, 6.45) is 1.96. The minimum absolute atomic E-state index is 0.0345. The molecule has 0 spiro atoms. The molecule has 0 aromatic heterocycles. The van der Waals surface area contributed by atoms with Crippen LogP contribution in [0.15, 0.2) is 12.1 Å². The summed E-state index contributed by atoms with van der Waals surface area (Å²) in [5.74, 6) is -0.0588. The van der Waals surface area contributed by atoms with Crippen LogP contribution in [-0.4, -0.2) is 19.0 Å². The number of rotatable bonds is 1. The van der Waals surface area contributed by atoms with Gasteiger partial charge in [0.05, 0.1) is 17.9 Å². The lowest BCUT2D eigenvalue weighted by Gasteiger charge is -2.30. The Hall–Kier alpha value is -1.55. The Kier molecular flexibility index (Phi) is 2.83. The van der Waals surface area contributed by atoms with Crippen molar-refractivity contribution >= 4 is 17.3 Å². The number of amides is 1. The molecule has 1 aromatic rings. The number of carbonyl (C=O) groups excluding carboxylic acids is 1. The molecule has 0 aliphatic carbocycles. The Morgan fingerprint density at radius 3 is 2.94 bits per heavy atom. The van der Waals surface area contributed by atoms with E-state index in [0.717, 1.165) is 36.2 Å². The number of hydrogen-bond donors (Lipinski definition) is 2. The second-order valence-corrected chi connectivity index (χ2v) is 4.21. The molecule has 0 unspecified atom stereocenters. The molecular formula is C12H17N3O. The first-order chi connectivity index (χ1) is 7.63. The van der Waals surface area contributed by atoms with Crippen LogP contribution in [0.25, 0.3) is 0 Å². The molecule has 1 aliphatic rings. The molecule has 1 amide bonds. The summed E-state index contributed by atoms with van der Waals surface area (Å²) < 4.78 is 0. The molecule has 0 bridgehead atoms. The van der Waals surface area contributed by atoms with Crippen LogP contribution in [0, 0.1) is 6.92 Å². The van der Waals surface area contributed by atoms with Gasteiger partial charge in [0.15, 0.2) is 0 Å². The summed E-state index contributed by atoms with van der Waals surface area (Å²) in [6.45, 7) is 2.77. The number of fused-ring (bicyclic) bond motifs is 1. The third-order valence-electron chi connectivity index (χ3n) is 2.94. The molecule has 4 heteroatoms. The molecule has 86 valence electrons. The van der Waals surface area contributed by atoms with Gasteiger partial charge in [0.1, 0.15) is 0 Å². The van der Waals surface area contributed by atoms with Gasteiger partial charge in [-0.05, 0) is 37.0 Å². The van der Waals surface area contributed by atoms with Crippen LogP contribution in [0.3, 0.4) is 0 Å². The number of nitrogens with zero attached hydrogens (tertiary/aromatic N) is 1. The van der Waals surface area contributed by atoms with Crippen LogP contribution in [-0.2, 0) is 11.2 Å². The number of nitrogens with two attached hydrogens (primary N) is 2. The van der Waals surface area contributed by atoms with Crippen molar-refractivity contribution in [2.24, 2.45) is 5.73 Å². The minimum atomic E-state index is -0.0588. The molecule has 16 heavy (non-hydrogen) atoms. The van der Waals surface area contributed by atoms with E-state index in [1.165, 1.54) is 0 Å². The van der Waals surface area contributed by atoms with E-state index in [1.54, 1.807) is 4.90 Å². The Morgan fingerprint density at radius 2 is 2.25 bits per heavy atom. The molecule has 0 fully saturated rings. The van der Waals surface area contributed by atoms with Gasteiger partial charge in [-0.2, -0.15) is 0 Å². The Labute approximate surface area is 95.2 Å². The molecule has 1 aromatic carbocycles.